The van der Waals surface area contributed by atoms with Gasteiger partial charge in [-0.2, -0.15) is 11.8 Å². The molecule has 1 aliphatic rings. The lowest BCUT2D eigenvalue weighted by atomic mass is 10.2. The van der Waals surface area contributed by atoms with E-state index in [4.69, 9.17) is 10.5 Å². The number of anilines is 2. The van der Waals surface area contributed by atoms with Crippen molar-refractivity contribution in [2.75, 3.05) is 41.8 Å². The van der Waals surface area contributed by atoms with Crippen molar-refractivity contribution in [2.45, 2.75) is 6.92 Å². The number of ether oxygens (including phenoxy) is 1. The smallest absolute Gasteiger partial charge is 0.144 e. The maximum atomic E-state index is 5.86. The van der Waals surface area contributed by atoms with E-state index in [2.05, 4.69) is 17.0 Å². The Labute approximate surface area is 101 Å². The van der Waals surface area contributed by atoms with Gasteiger partial charge in [0.25, 0.3) is 0 Å². The van der Waals surface area contributed by atoms with Crippen molar-refractivity contribution in [3.05, 3.63) is 18.2 Å². The summed E-state index contributed by atoms with van der Waals surface area (Å²) in [6.45, 7) is 4.85. The number of hydrogen-bond acceptors (Lipinski definition) is 4. The minimum Gasteiger partial charge on any atom is -0.492 e. The molecule has 88 valence electrons. The summed E-state index contributed by atoms with van der Waals surface area (Å²) in [5.41, 5.74) is 7.80. The number of nitrogen functional groups attached to an aromatic ring is 1. The van der Waals surface area contributed by atoms with Crippen LogP contribution in [-0.2, 0) is 0 Å². The quantitative estimate of drug-likeness (QED) is 0.820. The van der Waals surface area contributed by atoms with Gasteiger partial charge in [-0.15, -0.1) is 0 Å². The van der Waals surface area contributed by atoms with E-state index in [-0.39, 0.29) is 0 Å². The normalized spacial score (nSPS) is 16.2. The lowest BCUT2D eigenvalue weighted by Gasteiger charge is -2.29. The van der Waals surface area contributed by atoms with Gasteiger partial charge in [-0.1, -0.05) is 0 Å². The molecule has 1 heterocycles. The Bertz CT molecular complexity index is 351. The number of rotatable bonds is 3. The highest BCUT2D eigenvalue weighted by molar-refractivity contribution is 7.99. The Kier molecular flexibility index (Phi) is 3.83. The third kappa shape index (κ3) is 2.55. The Hall–Kier alpha value is -1.03. The second-order valence-electron chi connectivity index (χ2n) is 3.75. The molecule has 4 heteroatoms. The first kappa shape index (κ1) is 11.5. The van der Waals surface area contributed by atoms with Gasteiger partial charge in [0, 0.05) is 36.3 Å². The molecule has 0 aromatic heterocycles. The van der Waals surface area contributed by atoms with Crippen LogP contribution in [0.3, 0.4) is 0 Å². The molecule has 0 saturated carbocycles. The maximum absolute atomic E-state index is 5.86. The summed E-state index contributed by atoms with van der Waals surface area (Å²) in [6, 6.07) is 6.06. The van der Waals surface area contributed by atoms with Gasteiger partial charge in [0.2, 0.25) is 0 Å². The Morgan fingerprint density at radius 1 is 1.38 bits per heavy atom. The molecule has 2 N–H and O–H groups in total. The molecule has 0 bridgehead atoms. The van der Waals surface area contributed by atoms with Crippen LogP contribution in [0.25, 0.3) is 0 Å². The van der Waals surface area contributed by atoms with Crippen LogP contribution in [-0.4, -0.2) is 31.2 Å². The van der Waals surface area contributed by atoms with Crippen molar-refractivity contribution < 1.29 is 4.74 Å². The third-order valence-electron chi connectivity index (χ3n) is 2.67. The number of hydrogen-bond donors (Lipinski definition) is 1. The molecule has 0 atom stereocenters. The number of nitrogens with two attached hydrogens (primary N) is 1. The SMILES string of the molecule is CCOc1cc(N2CCSCC2)ccc1N. The highest BCUT2D eigenvalue weighted by Gasteiger charge is 2.12. The van der Waals surface area contributed by atoms with Gasteiger partial charge < -0.3 is 15.4 Å². The first-order valence-electron chi connectivity index (χ1n) is 5.66. The predicted molar refractivity (Wildman–Crippen MR) is 71.6 cm³/mol. The van der Waals surface area contributed by atoms with Gasteiger partial charge in [0.15, 0.2) is 0 Å². The number of nitrogens with zero attached hydrogens (tertiary/aromatic N) is 1. The van der Waals surface area contributed by atoms with Gasteiger partial charge in [-0.3, -0.25) is 0 Å². The van der Waals surface area contributed by atoms with E-state index in [1.165, 1.54) is 17.2 Å². The molecule has 0 radical (unpaired) electrons. The van der Waals surface area contributed by atoms with Crippen molar-refractivity contribution in [3.8, 4) is 5.75 Å². The summed E-state index contributed by atoms with van der Waals surface area (Å²) >= 11 is 2.01. The molecule has 1 fully saturated rings. The maximum Gasteiger partial charge on any atom is 0.144 e. The van der Waals surface area contributed by atoms with E-state index in [0.29, 0.717) is 6.61 Å². The second kappa shape index (κ2) is 5.34. The van der Waals surface area contributed by atoms with Crippen molar-refractivity contribution >= 4 is 23.1 Å². The van der Waals surface area contributed by atoms with E-state index >= 15 is 0 Å². The topological polar surface area (TPSA) is 38.5 Å². The van der Waals surface area contributed by atoms with Crippen molar-refractivity contribution in [1.29, 1.82) is 0 Å². The molecule has 1 aliphatic heterocycles. The van der Waals surface area contributed by atoms with Crippen molar-refractivity contribution in [1.82, 2.24) is 0 Å². The summed E-state index contributed by atoms with van der Waals surface area (Å²) in [5.74, 6) is 3.21. The van der Waals surface area contributed by atoms with Crippen molar-refractivity contribution in [2.24, 2.45) is 0 Å². The van der Waals surface area contributed by atoms with Crippen LogP contribution < -0.4 is 15.4 Å². The molecular weight excluding hydrogens is 220 g/mol. The summed E-state index contributed by atoms with van der Waals surface area (Å²) < 4.78 is 5.51. The molecule has 2 rings (SSSR count). The molecular formula is C12H18N2OS. The zero-order chi connectivity index (χ0) is 11.4. The van der Waals surface area contributed by atoms with Crippen LogP contribution in [0, 0.1) is 0 Å². The molecule has 0 spiro atoms. The standard InChI is InChI=1S/C12H18N2OS/c1-2-15-12-9-10(3-4-11(12)13)14-5-7-16-8-6-14/h3-4,9H,2,5-8,13H2,1H3. The van der Waals surface area contributed by atoms with Gasteiger partial charge >= 0.3 is 0 Å². The second-order valence-corrected chi connectivity index (χ2v) is 4.98. The van der Waals surface area contributed by atoms with Gasteiger partial charge in [0.05, 0.1) is 12.3 Å². The zero-order valence-corrected chi connectivity index (χ0v) is 10.4. The highest BCUT2D eigenvalue weighted by Crippen LogP contribution is 2.29. The van der Waals surface area contributed by atoms with Crippen LogP contribution in [0.2, 0.25) is 0 Å². The minimum atomic E-state index is 0.656. The van der Waals surface area contributed by atoms with E-state index in [0.717, 1.165) is 24.5 Å². The Morgan fingerprint density at radius 3 is 2.81 bits per heavy atom. The lowest BCUT2D eigenvalue weighted by molar-refractivity contribution is 0.342. The van der Waals surface area contributed by atoms with E-state index in [1.807, 2.05) is 24.8 Å². The van der Waals surface area contributed by atoms with E-state index in [9.17, 15) is 0 Å². The summed E-state index contributed by atoms with van der Waals surface area (Å²) in [7, 11) is 0. The minimum absolute atomic E-state index is 0.656. The predicted octanol–water partition coefficient (Wildman–Crippen LogP) is 2.22. The monoisotopic (exact) mass is 238 g/mol. The van der Waals surface area contributed by atoms with E-state index in [1.54, 1.807) is 0 Å². The number of thioether (sulfide) groups is 1. The Balaban J connectivity index is 2.17. The third-order valence-corrected chi connectivity index (χ3v) is 3.62. The molecule has 1 aromatic carbocycles. The molecule has 1 aromatic rings. The molecule has 1 saturated heterocycles. The first-order chi connectivity index (χ1) is 7.81. The first-order valence-corrected chi connectivity index (χ1v) is 6.81. The summed E-state index contributed by atoms with van der Waals surface area (Å²) in [5, 5.41) is 0. The summed E-state index contributed by atoms with van der Waals surface area (Å²) in [4.78, 5) is 2.39. The van der Waals surface area contributed by atoms with E-state index < -0.39 is 0 Å². The van der Waals surface area contributed by atoms with Crippen LogP contribution >= 0.6 is 11.8 Å². The van der Waals surface area contributed by atoms with Crippen LogP contribution in [0.1, 0.15) is 6.92 Å². The van der Waals surface area contributed by atoms with Gasteiger partial charge in [-0.05, 0) is 19.1 Å². The zero-order valence-electron chi connectivity index (χ0n) is 9.61. The average molecular weight is 238 g/mol. The fourth-order valence-electron chi connectivity index (χ4n) is 1.82. The Morgan fingerprint density at radius 2 is 2.12 bits per heavy atom. The summed E-state index contributed by atoms with van der Waals surface area (Å²) in [6.07, 6.45) is 0. The fourth-order valence-corrected chi connectivity index (χ4v) is 2.72. The van der Waals surface area contributed by atoms with Crippen LogP contribution in [0.5, 0.6) is 5.75 Å². The molecule has 0 unspecified atom stereocenters. The van der Waals surface area contributed by atoms with Gasteiger partial charge in [0.1, 0.15) is 5.75 Å². The number of benzene rings is 1. The fraction of sp³-hybridized carbons (Fsp3) is 0.500. The molecule has 3 nitrogen and oxygen atoms in total. The average Bonchev–Trinajstić information content (AvgIpc) is 2.33. The largest absolute Gasteiger partial charge is 0.492 e. The highest BCUT2D eigenvalue weighted by atomic mass is 32.2. The molecule has 0 amide bonds. The van der Waals surface area contributed by atoms with Crippen LogP contribution in [0.4, 0.5) is 11.4 Å². The molecule has 0 aliphatic carbocycles. The molecule has 16 heavy (non-hydrogen) atoms. The lowest BCUT2D eigenvalue weighted by Crippen LogP contribution is -2.32. The van der Waals surface area contributed by atoms with Crippen molar-refractivity contribution in [3.63, 3.8) is 0 Å². The van der Waals surface area contributed by atoms with Gasteiger partial charge in [-0.25, -0.2) is 0 Å². The van der Waals surface area contributed by atoms with Crippen LogP contribution in [0.15, 0.2) is 18.2 Å².